The van der Waals surface area contributed by atoms with Gasteiger partial charge in [-0.15, -0.1) is 0 Å². The molecule has 1 atom stereocenters. The third-order valence-corrected chi connectivity index (χ3v) is 5.60. The van der Waals surface area contributed by atoms with E-state index in [2.05, 4.69) is 6.92 Å². The van der Waals surface area contributed by atoms with E-state index in [1.54, 1.807) is 28.4 Å². The van der Waals surface area contributed by atoms with E-state index in [-0.39, 0.29) is 12.7 Å². The highest BCUT2D eigenvalue weighted by Gasteiger charge is 2.39. The Hall–Kier alpha value is -0.0231. The lowest BCUT2D eigenvalue weighted by molar-refractivity contribution is -0.0733. The summed E-state index contributed by atoms with van der Waals surface area (Å²) in [4.78, 5) is 0. The van der Waals surface area contributed by atoms with Gasteiger partial charge in [0.25, 0.3) is 0 Å². The van der Waals surface area contributed by atoms with E-state index in [0.29, 0.717) is 25.9 Å². The van der Waals surface area contributed by atoms with Crippen molar-refractivity contribution in [2.45, 2.75) is 13.0 Å². The second-order valence-corrected chi connectivity index (χ2v) is 6.99. The summed E-state index contributed by atoms with van der Waals surface area (Å²) in [6, 6.07) is 0.717. The summed E-state index contributed by atoms with van der Waals surface area (Å²) in [7, 11) is 3.97. The van der Waals surface area contributed by atoms with Crippen molar-refractivity contribution in [2.24, 2.45) is 5.92 Å². The standard InChI is InChI=1S/C11H26O6Si/c1-11(8-17-10-16-7-6-12-2)9-18(13-3,14-4)15-5/h11H,6-10H2,1-5H3. The summed E-state index contributed by atoms with van der Waals surface area (Å²) in [6.45, 7) is 4.03. The van der Waals surface area contributed by atoms with Gasteiger partial charge >= 0.3 is 8.80 Å². The lowest BCUT2D eigenvalue weighted by atomic mass is 10.2. The molecule has 0 N–H and O–H groups in total. The second-order valence-electron chi connectivity index (χ2n) is 3.99. The molecule has 0 aromatic heterocycles. The van der Waals surface area contributed by atoms with Gasteiger partial charge in [0, 0.05) is 34.5 Å². The Morgan fingerprint density at radius 1 is 0.889 bits per heavy atom. The van der Waals surface area contributed by atoms with Gasteiger partial charge in [-0.2, -0.15) is 0 Å². The number of hydrogen-bond donors (Lipinski definition) is 0. The molecule has 0 amide bonds. The quantitative estimate of drug-likeness (QED) is 0.304. The first-order valence-corrected chi connectivity index (χ1v) is 7.87. The van der Waals surface area contributed by atoms with Crippen LogP contribution in [-0.2, 0) is 27.5 Å². The first-order chi connectivity index (χ1) is 8.64. The molecular formula is C11H26O6Si. The molecule has 6 nitrogen and oxygen atoms in total. The first kappa shape index (κ1) is 18.0. The Kier molecular flexibility index (Phi) is 10.8. The molecule has 0 bridgehead atoms. The van der Waals surface area contributed by atoms with Gasteiger partial charge in [-0.1, -0.05) is 6.92 Å². The zero-order chi connectivity index (χ0) is 13.9. The predicted molar refractivity (Wildman–Crippen MR) is 69.4 cm³/mol. The van der Waals surface area contributed by atoms with Crippen LogP contribution in [0.1, 0.15) is 6.92 Å². The fourth-order valence-corrected chi connectivity index (χ4v) is 3.47. The molecule has 0 aromatic rings. The van der Waals surface area contributed by atoms with Crippen molar-refractivity contribution >= 4 is 8.80 Å². The van der Waals surface area contributed by atoms with E-state index >= 15 is 0 Å². The maximum Gasteiger partial charge on any atom is 0.500 e. The number of hydrogen-bond acceptors (Lipinski definition) is 6. The topological polar surface area (TPSA) is 55.4 Å². The molecular weight excluding hydrogens is 256 g/mol. The van der Waals surface area contributed by atoms with Crippen molar-refractivity contribution in [3.05, 3.63) is 0 Å². The third-order valence-electron chi connectivity index (χ3n) is 2.53. The Morgan fingerprint density at radius 2 is 1.50 bits per heavy atom. The van der Waals surface area contributed by atoms with Crippen LogP contribution in [0.25, 0.3) is 0 Å². The van der Waals surface area contributed by atoms with Gasteiger partial charge in [-0.25, -0.2) is 0 Å². The molecule has 0 rings (SSSR count). The minimum atomic E-state index is -2.50. The molecule has 7 heteroatoms. The van der Waals surface area contributed by atoms with E-state index in [4.69, 9.17) is 27.5 Å². The molecule has 0 fully saturated rings. The molecule has 110 valence electrons. The fraction of sp³-hybridized carbons (Fsp3) is 1.00. The lowest BCUT2D eigenvalue weighted by Gasteiger charge is -2.27. The normalized spacial score (nSPS) is 13.8. The van der Waals surface area contributed by atoms with Crippen LogP contribution in [0, 0.1) is 5.92 Å². The minimum absolute atomic E-state index is 0.273. The van der Waals surface area contributed by atoms with Crippen LogP contribution in [-0.4, -0.2) is 63.9 Å². The lowest BCUT2D eigenvalue weighted by Crippen LogP contribution is -2.44. The van der Waals surface area contributed by atoms with Crippen molar-refractivity contribution in [1.29, 1.82) is 0 Å². The monoisotopic (exact) mass is 282 g/mol. The van der Waals surface area contributed by atoms with Gasteiger partial charge in [0.1, 0.15) is 6.79 Å². The molecule has 0 aliphatic heterocycles. The van der Waals surface area contributed by atoms with E-state index in [0.717, 1.165) is 0 Å². The summed E-state index contributed by atoms with van der Waals surface area (Å²) < 4.78 is 31.5. The Labute approximate surface area is 111 Å². The van der Waals surface area contributed by atoms with E-state index in [1.165, 1.54) is 0 Å². The minimum Gasteiger partial charge on any atom is -0.382 e. The molecule has 0 saturated carbocycles. The number of methoxy groups -OCH3 is 1. The average Bonchev–Trinajstić information content (AvgIpc) is 2.40. The summed E-state index contributed by atoms with van der Waals surface area (Å²) >= 11 is 0. The summed E-state index contributed by atoms with van der Waals surface area (Å²) in [5.74, 6) is 0.280. The predicted octanol–water partition coefficient (Wildman–Crippen LogP) is 1.14. The van der Waals surface area contributed by atoms with Crippen LogP contribution < -0.4 is 0 Å². The maximum absolute atomic E-state index is 5.40. The highest BCUT2D eigenvalue weighted by atomic mass is 28.4. The maximum atomic E-state index is 5.40. The second kappa shape index (κ2) is 10.9. The van der Waals surface area contributed by atoms with Crippen LogP contribution in [0.5, 0.6) is 0 Å². The molecule has 0 radical (unpaired) electrons. The molecule has 1 unspecified atom stereocenters. The Balaban J connectivity index is 3.72. The molecule has 0 saturated heterocycles. The Morgan fingerprint density at radius 3 is 2.00 bits per heavy atom. The summed E-state index contributed by atoms with van der Waals surface area (Å²) in [6.07, 6.45) is 0. The van der Waals surface area contributed by atoms with E-state index in [9.17, 15) is 0 Å². The van der Waals surface area contributed by atoms with Gasteiger partial charge in [-0.05, 0) is 5.92 Å². The number of rotatable bonds is 12. The van der Waals surface area contributed by atoms with Crippen molar-refractivity contribution in [3.8, 4) is 0 Å². The largest absolute Gasteiger partial charge is 0.500 e. The van der Waals surface area contributed by atoms with Crippen molar-refractivity contribution < 1.29 is 27.5 Å². The summed E-state index contributed by atoms with van der Waals surface area (Å²) in [5.41, 5.74) is 0. The third kappa shape index (κ3) is 7.42. The van der Waals surface area contributed by atoms with Crippen LogP contribution in [0.2, 0.25) is 6.04 Å². The molecule has 0 aromatic carbocycles. The fourth-order valence-electron chi connectivity index (χ4n) is 1.50. The van der Waals surface area contributed by atoms with Crippen LogP contribution in [0.3, 0.4) is 0 Å². The molecule has 18 heavy (non-hydrogen) atoms. The molecule has 0 spiro atoms. The SMILES string of the molecule is COCCOCOCC(C)C[Si](OC)(OC)OC. The molecule has 0 aliphatic rings. The van der Waals surface area contributed by atoms with Gasteiger partial charge in [0.2, 0.25) is 0 Å². The van der Waals surface area contributed by atoms with Gasteiger partial charge in [0.15, 0.2) is 0 Å². The van der Waals surface area contributed by atoms with Crippen LogP contribution in [0.15, 0.2) is 0 Å². The van der Waals surface area contributed by atoms with Crippen molar-refractivity contribution in [2.75, 3.05) is 55.1 Å². The molecule has 0 aliphatic carbocycles. The Bertz CT molecular complexity index is 180. The molecule has 0 heterocycles. The average molecular weight is 282 g/mol. The first-order valence-electron chi connectivity index (χ1n) is 5.94. The number of ether oxygens (including phenoxy) is 3. The highest BCUT2D eigenvalue weighted by molar-refractivity contribution is 6.60. The van der Waals surface area contributed by atoms with Crippen LogP contribution >= 0.6 is 0 Å². The van der Waals surface area contributed by atoms with E-state index < -0.39 is 8.80 Å². The van der Waals surface area contributed by atoms with Gasteiger partial charge < -0.3 is 27.5 Å². The summed E-state index contributed by atoms with van der Waals surface area (Å²) in [5, 5.41) is 0. The van der Waals surface area contributed by atoms with Gasteiger partial charge in [-0.3, -0.25) is 0 Å². The van der Waals surface area contributed by atoms with Crippen LogP contribution in [0.4, 0.5) is 0 Å². The zero-order valence-corrected chi connectivity index (χ0v) is 13.1. The van der Waals surface area contributed by atoms with Gasteiger partial charge in [0.05, 0.1) is 19.8 Å². The highest BCUT2D eigenvalue weighted by Crippen LogP contribution is 2.19. The zero-order valence-electron chi connectivity index (χ0n) is 12.1. The van der Waals surface area contributed by atoms with Crippen molar-refractivity contribution in [1.82, 2.24) is 0 Å². The van der Waals surface area contributed by atoms with Crippen molar-refractivity contribution in [3.63, 3.8) is 0 Å². The van der Waals surface area contributed by atoms with E-state index in [1.807, 2.05) is 0 Å². The smallest absolute Gasteiger partial charge is 0.382 e.